The van der Waals surface area contributed by atoms with Gasteiger partial charge >= 0.3 is 12.1 Å². The highest BCUT2D eigenvalue weighted by Crippen LogP contribution is 2.12. The quantitative estimate of drug-likeness (QED) is 0.819. The summed E-state index contributed by atoms with van der Waals surface area (Å²) in [6.45, 7) is 0. The third kappa shape index (κ3) is 3.97. The van der Waals surface area contributed by atoms with Crippen LogP contribution in [0.2, 0.25) is 0 Å². The predicted molar refractivity (Wildman–Crippen MR) is 63.7 cm³/mol. The average Bonchev–Trinajstić information content (AvgIpc) is 2.38. The summed E-state index contributed by atoms with van der Waals surface area (Å²) in [6, 6.07) is 5.92. The van der Waals surface area contributed by atoms with E-state index in [1.54, 1.807) is 31.4 Å². The van der Waals surface area contributed by atoms with E-state index in [9.17, 15) is 9.59 Å². The number of nitrogens with one attached hydrogen (secondary N) is 1. The van der Waals surface area contributed by atoms with Crippen LogP contribution < -0.4 is 10.1 Å². The molecule has 6 nitrogen and oxygen atoms in total. The van der Waals surface area contributed by atoms with Crippen molar-refractivity contribution in [2.45, 2.75) is 12.5 Å². The molecule has 1 aromatic carbocycles. The van der Waals surface area contributed by atoms with Gasteiger partial charge in [-0.1, -0.05) is 12.1 Å². The van der Waals surface area contributed by atoms with Gasteiger partial charge in [-0.25, -0.2) is 9.59 Å². The first-order chi connectivity index (χ1) is 8.56. The van der Waals surface area contributed by atoms with Gasteiger partial charge in [-0.15, -0.1) is 0 Å². The van der Waals surface area contributed by atoms with Crippen molar-refractivity contribution in [1.82, 2.24) is 5.32 Å². The highest BCUT2D eigenvalue weighted by molar-refractivity contribution is 5.80. The van der Waals surface area contributed by atoms with Gasteiger partial charge in [-0.3, -0.25) is 0 Å². The molecule has 0 aliphatic carbocycles. The Hall–Kier alpha value is -2.24. The number of carbonyl (C=O) groups is 2. The zero-order valence-corrected chi connectivity index (χ0v) is 10.2. The van der Waals surface area contributed by atoms with E-state index in [1.807, 2.05) is 0 Å². The van der Waals surface area contributed by atoms with Gasteiger partial charge in [-0.05, 0) is 17.7 Å². The molecule has 0 aromatic heterocycles. The number of ether oxygens (including phenoxy) is 2. The number of rotatable bonds is 5. The zero-order chi connectivity index (χ0) is 13.5. The number of alkyl carbamates (subject to hydrolysis) is 1. The Kier molecular flexibility index (Phi) is 4.98. The minimum atomic E-state index is -1.11. The van der Waals surface area contributed by atoms with Crippen molar-refractivity contribution in [3.63, 3.8) is 0 Å². The molecule has 1 amide bonds. The van der Waals surface area contributed by atoms with E-state index in [1.165, 1.54) is 7.11 Å². The van der Waals surface area contributed by atoms with Crippen molar-refractivity contribution < 1.29 is 24.2 Å². The van der Waals surface area contributed by atoms with Gasteiger partial charge in [0.05, 0.1) is 14.2 Å². The first-order valence-corrected chi connectivity index (χ1v) is 5.27. The molecule has 2 N–H and O–H groups in total. The van der Waals surface area contributed by atoms with Crippen LogP contribution in [0.1, 0.15) is 5.56 Å². The number of carbonyl (C=O) groups excluding carboxylic acids is 1. The lowest BCUT2D eigenvalue weighted by atomic mass is 10.1. The molecule has 0 saturated carbocycles. The second-order valence-electron chi connectivity index (χ2n) is 3.58. The van der Waals surface area contributed by atoms with E-state index >= 15 is 0 Å². The van der Waals surface area contributed by atoms with Crippen molar-refractivity contribution in [2.24, 2.45) is 0 Å². The summed E-state index contributed by atoms with van der Waals surface area (Å²) in [5.41, 5.74) is 0.777. The molecule has 18 heavy (non-hydrogen) atoms. The maximum absolute atomic E-state index is 11.0. The van der Waals surface area contributed by atoms with Crippen molar-refractivity contribution >= 4 is 12.1 Å². The second-order valence-corrected chi connectivity index (χ2v) is 3.58. The van der Waals surface area contributed by atoms with Crippen LogP contribution in [0.15, 0.2) is 24.3 Å². The molecular weight excluding hydrogens is 238 g/mol. The zero-order valence-electron chi connectivity index (χ0n) is 10.2. The molecule has 1 atom stereocenters. The summed E-state index contributed by atoms with van der Waals surface area (Å²) in [7, 11) is 2.73. The molecule has 1 rings (SSSR count). The van der Waals surface area contributed by atoms with Crippen LogP contribution in [0.4, 0.5) is 4.79 Å². The Balaban J connectivity index is 2.70. The minimum Gasteiger partial charge on any atom is -0.497 e. The largest absolute Gasteiger partial charge is 0.497 e. The Labute approximate surface area is 105 Å². The number of carboxylic acid groups (broad SMARTS) is 1. The number of hydrogen-bond donors (Lipinski definition) is 2. The first kappa shape index (κ1) is 13.8. The number of amides is 1. The molecule has 6 heteroatoms. The highest BCUT2D eigenvalue weighted by Gasteiger charge is 2.20. The van der Waals surface area contributed by atoms with E-state index in [0.29, 0.717) is 5.75 Å². The minimum absolute atomic E-state index is 0.175. The van der Waals surface area contributed by atoms with E-state index in [0.717, 1.165) is 5.56 Å². The van der Waals surface area contributed by atoms with Crippen molar-refractivity contribution in [3.05, 3.63) is 29.8 Å². The number of hydrogen-bond acceptors (Lipinski definition) is 4. The summed E-state index contributed by atoms with van der Waals surface area (Å²) in [4.78, 5) is 22.0. The fourth-order valence-electron chi connectivity index (χ4n) is 1.40. The Bertz CT molecular complexity index is 415. The lowest BCUT2D eigenvalue weighted by molar-refractivity contribution is -0.139. The normalized spacial score (nSPS) is 11.4. The molecule has 0 fully saturated rings. The van der Waals surface area contributed by atoms with Gasteiger partial charge < -0.3 is 19.9 Å². The molecule has 0 radical (unpaired) electrons. The maximum Gasteiger partial charge on any atom is 0.407 e. The number of aliphatic carboxylic acids is 1. The van der Waals surface area contributed by atoms with Crippen LogP contribution in [0.5, 0.6) is 5.75 Å². The number of benzene rings is 1. The molecule has 98 valence electrons. The summed E-state index contributed by atoms with van der Waals surface area (Å²) < 4.78 is 9.37. The lowest BCUT2D eigenvalue weighted by Crippen LogP contribution is -2.42. The predicted octanol–water partition coefficient (Wildman–Crippen LogP) is 1.05. The summed E-state index contributed by atoms with van der Waals surface area (Å²) >= 11 is 0. The number of methoxy groups -OCH3 is 2. The summed E-state index contributed by atoms with van der Waals surface area (Å²) in [5.74, 6) is -0.428. The SMILES string of the molecule is COC(=O)NC(Cc1ccc(OC)cc1)C(=O)O. The molecule has 0 saturated heterocycles. The van der Waals surface area contributed by atoms with Gasteiger partial charge in [0.1, 0.15) is 11.8 Å². The molecule has 0 spiro atoms. The Morgan fingerprint density at radius 3 is 2.33 bits per heavy atom. The van der Waals surface area contributed by atoms with E-state index in [4.69, 9.17) is 9.84 Å². The van der Waals surface area contributed by atoms with Gasteiger partial charge in [-0.2, -0.15) is 0 Å². The van der Waals surface area contributed by atoms with E-state index in [-0.39, 0.29) is 6.42 Å². The van der Waals surface area contributed by atoms with Gasteiger partial charge in [0.15, 0.2) is 0 Å². The molecule has 1 unspecified atom stereocenters. The molecule has 1 aromatic rings. The third-order valence-electron chi connectivity index (χ3n) is 2.37. The van der Waals surface area contributed by atoms with Crippen molar-refractivity contribution in [3.8, 4) is 5.75 Å². The van der Waals surface area contributed by atoms with Gasteiger partial charge in [0.25, 0.3) is 0 Å². The van der Waals surface area contributed by atoms with Gasteiger partial charge in [0.2, 0.25) is 0 Å². The monoisotopic (exact) mass is 253 g/mol. The van der Waals surface area contributed by atoms with E-state index in [2.05, 4.69) is 10.1 Å². The van der Waals surface area contributed by atoms with Crippen LogP contribution in [-0.4, -0.2) is 37.4 Å². The summed E-state index contributed by atoms with van der Waals surface area (Å²) in [6.07, 6.45) is -0.593. The second kappa shape index (κ2) is 6.48. The van der Waals surface area contributed by atoms with Crippen molar-refractivity contribution in [2.75, 3.05) is 14.2 Å². The molecule has 0 aliphatic heterocycles. The number of carboxylic acids is 1. The molecular formula is C12H15NO5. The molecule has 0 heterocycles. The fourth-order valence-corrected chi connectivity index (χ4v) is 1.40. The lowest BCUT2D eigenvalue weighted by Gasteiger charge is -2.13. The van der Waals surface area contributed by atoms with Crippen LogP contribution >= 0.6 is 0 Å². The summed E-state index contributed by atoms with van der Waals surface area (Å²) in [5, 5.41) is 11.2. The van der Waals surface area contributed by atoms with Crippen LogP contribution in [0.25, 0.3) is 0 Å². The molecule has 0 aliphatic rings. The highest BCUT2D eigenvalue weighted by atomic mass is 16.5. The van der Waals surface area contributed by atoms with Gasteiger partial charge in [0, 0.05) is 6.42 Å². The first-order valence-electron chi connectivity index (χ1n) is 5.27. The van der Waals surface area contributed by atoms with Crippen molar-refractivity contribution in [1.29, 1.82) is 0 Å². The van der Waals surface area contributed by atoms with Crippen LogP contribution in [-0.2, 0) is 16.0 Å². The van der Waals surface area contributed by atoms with E-state index < -0.39 is 18.1 Å². The fraction of sp³-hybridized carbons (Fsp3) is 0.333. The van der Waals surface area contributed by atoms with Crippen LogP contribution in [0, 0.1) is 0 Å². The van der Waals surface area contributed by atoms with Crippen LogP contribution in [0.3, 0.4) is 0 Å². The standard InChI is InChI=1S/C12H15NO5/c1-17-9-5-3-8(4-6-9)7-10(11(14)15)13-12(16)18-2/h3-6,10H,7H2,1-2H3,(H,13,16)(H,14,15). The Morgan fingerprint density at radius 1 is 1.28 bits per heavy atom. The Morgan fingerprint density at radius 2 is 1.89 bits per heavy atom. The average molecular weight is 253 g/mol. The smallest absolute Gasteiger partial charge is 0.407 e. The molecule has 0 bridgehead atoms. The topological polar surface area (TPSA) is 84.9 Å². The maximum atomic E-state index is 11.0. The third-order valence-corrected chi connectivity index (χ3v) is 2.37.